The van der Waals surface area contributed by atoms with E-state index in [4.69, 9.17) is 20.3 Å². The normalized spacial score (nSPS) is 15.3. The van der Waals surface area contributed by atoms with Gasteiger partial charge >= 0.3 is 29.7 Å². The van der Waals surface area contributed by atoms with Gasteiger partial charge in [-0.3, -0.25) is 14.4 Å². The predicted molar refractivity (Wildman–Crippen MR) is 224 cm³/mol. The van der Waals surface area contributed by atoms with E-state index in [1.165, 1.54) is 20.8 Å². The highest BCUT2D eigenvalue weighted by Gasteiger charge is 2.36. The van der Waals surface area contributed by atoms with Gasteiger partial charge in [0.05, 0.1) is 30.6 Å². The molecule has 4 atom stereocenters. The van der Waals surface area contributed by atoms with Crippen molar-refractivity contribution < 1.29 is 62.4 Å². The van der Waals surface area contributed by atoms with Crippen LogP contribution in [0.2, 0.25) is 0 Å². The average Bonchev–Trinajstić information content (AvgIpc) is 3.98. The Morgan fingerprint density at radius 3 is 1.05 bits per heavy atom. The highest BCUT2D eigenvalue weighted by atomic mass is 35.5. The molecule has 17 nitrogen and oxygen atoms in total. The molecule has 340 valence electrons. The zero-order valence-corrected chi connectivity index (χ0v) is 38.4. The molecular weight excluding hydrogens is 792 g/mol. The second-order valence-electron chi connectivity index (χ2n) is 18.1. The van der Waals surface area contributed by atoms with E-state index in [9.17, 15) is 38.4 Å². The lowest BCUT2D eigenvalue weighted by atomic mass is 9.84. The Morgan fingerprint density at radius 2 is 0.881 bits per heavy atom. The molecular formula is C41H71ClN4O13. The summed E-state index contributed by atoms with van der Waals surface area (Å²) < 4.78 is 18.4. The van der Waals surface area contributed by atoms with Gasteiger partial charge in [-0.05, 0) is 68.1 Å². The number of rotatable bonds is 11. The number of hydrogen-bond donors (Lipinski definition) is 5. The maximum atomic E-state index is 11.4. The smallest absolute Gasteiger partial charge is 0.412 e. The van der Waals surface area contributed by atoms with Gasteiger partial charge in [-0.2, -0.15) is 0 Å². The standard InChI is InChI=1S/C11H19NO3.C10H17NO4.C10H17NO3.C7H15NO.C3H3ClO2/c1-7(13)9(11(2,3)4)12-10(14)15-8-5-6-8;1-10(2,3)7(8(12)13)11-9(14)15-6-4-5-6;1-6-14-9(13)11-8(7(2)12)10(3,4)5;1-5(9)6(8)7(2,3)4;1-2-6-3(4)5/h8-9H,5-6H2,1-4H3,(H,12,14);6-7H,4-5H2,1-3H3,(H,11,14)(H,12,13);6,8H,1H2,2-5H3,(H,11,13);6H,8H2,1-4H3;2H,1H2/t9-;7-;8-;6-;/m1111./s1. The lowest BCUT2D eigenvalue weighted by molar-refractivity contribution is -0.142. The molecule has 0 radical (unpaired) electrons. The van der Waals surface area contributed by atoms with Crippen molar-refractivity contribution in [2.45, 2.75) is 166 Å². The van der Waals surface area contributed by atoms with Crippen LogP contribution in [0.4, 0.5) is 19.2 Å². The van der Waals surface area contributed by atoms with Crippen molar-refractivity contribution in [1.82, 2.24) is 16.0 Å². The Hall–Kier alpha value is -4.51. The number of nitrogens with two attached hydrogens (primary N) is 1. The fourth-order valence-electron chi connectivity index (χ4n) is 4.39. The number of carboxylic acids is 1. The molecule has 2 aliphatic rings. The Labute approximate surface area is 355 Å². The van der Waals surface area contributed by atoms with Crippen LogP contribution in [0.25, 0.3) is 0 Å². The molecule has 2 aliphatic carbocycles. The van der Waals surface area contributed by atoms with E-state index in [2.05, 4.69) is 50.2 Å². The molecule has 0 aromatic heterocycles. The summed E-state index contributed by atoms with van der Waals surface area (Å²) in [6.45, 7) is 33.2. The maximum Gasteiger partial charge on any atom is 0.412 e. The largest absolute Gasteiger partial charge is 0.480 e. The van der Waals surface area contributed by atoms with Crippen molar-refractivity contribution in [1.29, 1.82) is 0 Å². The Balaban J connectivity index is -0.000000686. The molecule has 0 aromatic carbocycles. The van der Waals surface area contributed by atoms with Gasteiger partial charge in [0.25, 0.3) is 0 Å². The quantitative estimate of drug-likeness (QED) is 0.0763. The van der Waals surface area contributed by atoms with Gasteiger partial charge in [0, 0.05) is 11.6 Å². The first-order valence-electron chi connectivity index (χ1n) is 19.0. The zero-order chi connectivity index (χ0) is 47.3. The van der Waals surface area contributed by atoms with Gasteiger partial charge in [0.15, 0.2) is 11.6 Å². The van der Waals surface area contributed by atoms with Crippen LogP contribution in [0.1, 0.15) is 130 Å². The predicted octanol–water partition coefficient (Wildman–Crippen LogP) is 7.57. The van der Waals surface area contributed by atoms with Crippen molar-refractivity contribution >= 4 is 58.6 Å². The van der Waals surface area contributed by atoms with Crippen molar-refractivity contribution in [3.05, 3.63) is 25.7 Å². The van der Waals surface area contributed by atoms with Gasteiger partial charge in [-0.1, -0.05) is 96.2 Å². The fourth-order valence-corrected chi connectivity index (χ4v) is 4.45. The molecule has 0 aliphatic heterocycles. The third-order valence-electron chi connectivity index (χ3n) is 7.78. The first-order chi connectivity index (χ1) is 26.5. The summed E-state index contributed by atoms with van der Waals surface area (Å²) in [6, 6.07) is -2.28. The monoisotopic (exact) mass is 862 g/mol. The number of carbonyl (C=O) groups is 8. The first-order valence-corrected chi connectivity index (χ1v) is 19.4. The molecule has 0 heterocycles. The van der Waals surface area contributed by atoms with Crippen LogP contribution in [0.3, 0.4) is 0 Å². The zero-order valence-electron chi connectivity index (χ0n) is 37.7. The molecule has 3 amide bonds. The second kappa shape index (κ2) is 26.6. The number of alkyl carbamates (subject to hydrolysis) is 3. The van der Waals surface area contributed by atoms with Crippen molar-refractivity contribution in [2.24, 2.45) is 27.4 Å². The summed E-state index contributed by atoms with van der Waals surface area (Å²) in [5.41, 5.74) is 3.45. The van der Waals surface area contributed by atoms with Crippen LogP contribution in [0.15, 0.2) is 25.7 Å². The Kier molecular flexibility index (Phi) is 26.5. The highest BCUT2D eigenvalue weighted by Crippen LogP contribution is 2.26. The summed E-state index contributed by atoms with van der Waals surface area (Å²) in [5, 5.41) is 16.4. The number of halogens is 1. The molecule has 0 aromatic rings. The van der Waals surface area contributed by atoms with Crippen LogP contribution in [-0.2, 0) is 38.1 Å². The van der Waals surface area contributed by atoms with E-state index in [1.807, 2.05) is 62.3 Å². The lowest BCUT2D eigenvalue weighted by Crippen LogP contribution is -2.49. The highest BCUT2D eigenvalue weighted by molar-refractivity contribution is 6.61. The van der Waals surface area contributed by atoms with Crippen LogP contribution < -0.4 is 21.7 Å². The van der Waals surface area contributed by atoms with Crippen molar-refractivity contribution in [3.63, 3.8) is 0 Å². The number of carbonyl (C=O) groups excluding carboxylic acids is 7. The minimum Gasteiger partial charge on any atom is -0.480 e. The van der Waals surface area contributed by atoms with E-state index < -0.39 is 53.2 Å². The van der Waals surface area contributed by atoms with E-state index in [1.54, 1.807) is 20.8 Å². The third kappa shape index (κ3) is 31.1. The van der Waals surface area contributed by atoms with Crippen molar-refractivity contribution in [2.75, 3.05) is 0 Å². The lowest BCUT2D eigenvalue weighted by Gasteiger charge is -2.28. The molecule has 2 fully saturated rings. The number of hydrogen-bond acceptors (Lipinski definition) is 13. The van der Waals surface area contributed by atoms with E-state index in [0.29, 0.717) is 0 Å². The van der Waals surface area contributed by atoms with E-state index >= 15 is 0 Å². The van der Waals surface area contributed by atoms with Crippen LogP contribution >= 0.6 is 11.6 Å². The molecule has 2 rings (SSSR count). The average molecular weight is 863 g/mol. The Bertz CT molecular complexity index is 1380. The number of carboxylic acid groups (broad SMARTS) is 1. The first kappa shape index (κ1) is 58.8. The van der Waals surface area contributed by atoms with Gasteiger partial charge in [0.1, 0.15) is 24.0 Å². The SMILES string of the molecule is C=COC(=O)Cl.C=COC(=O)N[C@H](C(C)=O)C(C)(C)C.CC(=O)[C@@H](N)C(C)(C)C.CC(=O)[C@@H](NC(=O)OC1CC1)C(C)(C)C.CC(C)(C)[C@H](NC(=O)OC1CC1)C(=O)O. The summed E-state index contributed by atoms with van der Waals surface area (Å²) in [7, 11) is 0. The van der Waals surface area contributed by atoms with Crippen LogP contribution in [0.5, 0.6) is 0 Å². The molecule has 18 heteroatoms. The summed E-state index contributed by atoms with van der Waals surface area (Å²) in [4.78, 5) is 87.4. The molecule has 0 spiro atoms. The Morgan fingerprint density at radius 1 is 0.576 bits per heavy atom. The minimum atomic E-state index is -1.05. The van der Waals surface area contributed by atoms with Gasteiger partial charge in [-0.25, -0.2) is 24.0 Å². The van der Waals surface area contributed by atoms with Crippen molar-refractivity contribution in [3.8, 4) is 0 Å². The second-order valence-corrected chi connectivity index (χ2v) is 18.5. The molecule has 0 saturated heterocycles. The number of Topliss-reactive ketones (excluding diaryl/α,β-unsaturated/α-hetero) is 3. The number of amides is 3. The molecule has 6 N–H and O–H groups in total. The summed E-state index contributed by atoms with van der Waals surface area (Å²) in [5.74, 6) is -1.13. The number of nitrogens with one attached hydrogen (secondary N) is 3. The van der Waals surface area contributed by atoms with E-state index in [-0.39, 0.29) is 51.8 Å². The fraction of sp³-hybridized carbons (Fsp3) is 0.707. The van der Waals surface area contributed by atoms with Crippen LogP contribution in [-0.4, -0.2) is 88.5 Å². The van der Waals surface area contributed by atoms with Gasteiger partial charge in [0.2, 0.25) is 0 Å². The molecule has 0 unspecified atom stereocenters. The molecule has 0 bridgehead atoms. The third-order valence-corrected chi connectivity index (χ3v) is 7.87. The minimum absolute atomic E-state index is 0.0144. The topological polar surface area (TPSA) is 256 Å². The van der Waals surface area contributed by atoms with Crippen LogP contribution in [0, 0.1) is 21.7 Å². The molecule has 2 saturated carbocycles. The number of ether oxygens (including phenoxy) is 4. The summed E-state index contributed by atoms with van der Waals surface area (Å²) in [6.07, 6.45) is 3.90. The van der Waals surface area contributed by atoms with Gasteiger partial charge in [-0.15, -0.1) is 0 Å². The van der Waals surface area contributed by atoms with Gasteiger partial charge < -0.3 is 45.7 Å². The number of aliphatic carboxylic acids is 1. The summed E-state index contributed by atoms with van der Waals surface area (Å²) >= 11 is 4.65. The number of ketones is 3. The van der Waals surface area contributed by atoms with E-state index in [0.717, 1.165) is 38.2 Å². The molecule has 59 heavy (non-hydrogen) atoms. The maximum absolute atomic E-state index is 11.4.